The van der Waals surface area contributed by atoms with Crippen LogP contribution in [0.5, 0.6) is 0 Å². The van der Waals surface area contributed by atoms with E-state index >= 15 is 0 Å². The van der Waals surface area contributed by atoms with Crippen LogP contribution in [0, 0.1) is 0 Å². The van der Waals surface area contributed by atoms with E-state index in [0.717, 1.165) is 0 Å². The van der Waals surface area contributed by atoms with Gasteiger partial charge < -0.3 is 24.6 Å². The predicted octanol–water partition coefficient (Wildman–Crippen LogP) is 4.91. The molecule has 0 radical (unpaired) electrons. The number of allylic oxidation sites excluding steroid dienone is 2. The van der Waals surface area contributed by atoms with Gasteiger partial charge >= 0.3 is 23.9 Å². The number of ether oxygens (including phenoxy) is 2. The van der Waals surface area contributed by atoms with Gasteiger partial charge in [-0.2, -0.15) is 0 Å². The van der Waals surface area contributed by atoms with Crippen LogP contribution in [0.4, 0.5) is 0 Å². The van der Waals surface area contributed by atoms with E-state index in [-0.39, 0.29) is 39.8 Å². The Kier molecular flexibility index (Phi) is 9.95. The lowest BCUT2D eigenvalue weighted by atomic mass is 9.65. The fourth-order valence-electron chi connectivity index (χ4n) is 4.34. The number of carbonyl (C=O) groups is 4. The summed E-state index contributed by atoms with van der Waals surface area (Å²) in [4.78, 5) is 51.2. The van der Waals surface area contributed by atoms with E-state index in [9.17, 15) is 29.4 Å². The van der Waals surface area contributed by atoms with E-state index in [1.807, 2.05) is 0 Å². The van der Waals surface area contributed by atoms with Gasteiger partial charge in [-0.3, -0.25) is 9.59 Å². The number of hydrogen-bond acceptors (Lipinski definition) is 7. The molecule has 1 heterocycles. The maximum atomic E-state index is 12.8. The van der Waals surface area contributed by atoms with Crippen LogP contribution >= 0.6 is 23.2 Å². The zero-order chi connectivity index (χ0) is 27.2. The molecule has 1 aliphatic rings. The molecule has 36 heavy (non-hydrogen) atoms. The Balaban J connectivity index is 2.89. The van der Waals surface area contributed by atoms with Crippen LogP contribution in [-0.2, 0) is 34.1 Å². The summed E-state index contributed by atoms with van der Waals surface area (Å²) in [6.45, 7) is 5.43. The SMILES string of the molecule is CCCC(=O)OCN1C(C)=C(C(=O)O)C(COC(=O)CCC)(c2cccc(Cl)c2Cl)C(C(=O)O)=C1C. The lowest BCUT2D eigenvalue weighted by Gasteiger charge is -2.44. The number of nitrogens with zero attached hydrogens (tertiary/aromatic N) is 1. The van der Waals surface area contributed by atoms with Crippen molar-refractivity contribution in [3.8, 4) is 0 Å². The second-order valence-corrected chi connectivity index (χ2v) is 9.06. The van der Waals surface area contributed by atoms with Gasteiger partial charge in [-0.1, -0.05) is 49.2 Å². The number of benzene rings is 1. The summed E-state index contributed by atoms with van der Waals surface area (Å²) in [5.74, 6) is -4.08. The van der Waals surface area contributed by atoms with Crippen molar-refractivity contribution in [1.82, 2.24) is 4.90 Å². The Hall–Kier alpha value is -3.04. The first-order valence-electron chi connectivity index (χ1n) is 11.4. The van der Waals surface area contributed by atoms with Gasteiger partial charge in [-0.25, -0.2) is 9.59 Å². The number of hydrogen-bond donors (Lipinski definition) is 2. The summed E-state index contributed by atoms with van der Waals surface area (Å²) in [6, 6.07) is 4.42. The smallest absolute Gasteiger partial charge is 0.334 e. The van der Waals surface area contributed by atoms with Crippen molar-refractivity contribution in [2.24, 2.45) is 0 Å². The molecule has 11 heteroatoms. The molecular formula is C25H29Cl2NO8. The zero-order valence-corrected chi connectivity index (χ0v) is 22.0. The minimum Gasteiger partial charge on any atom is -0.478 e. The van der Waals surface area contributed by atoms with Gasteiger partial charge in [0.25, 0.3) is 0 Å². The fraction of sp³-hybridized carbons (Fsp3) is 0.440. The molecule has 0 unspecified atom stereocenters. The first kappa shape index (κ1) is 29.2. The highest BCUT2D eigenvalue weighted by atomic mass is 35.5. The number of esters is 2. The lowest BCUT2D eigenvalue weighted by Crippen LogP contribution is -2.49. The zero-order valence-electron chi connectivity index (χ0n) is 20.5. The Labute approximate surface area is 219 Å². The highest BCUT2D eigenvalue weighted by molar-refractivity contribution is 6.42. The molecule has 1 aliphatic heterocycles. The molecule has 9 nitrogen and oxygen atoms in total. The van der Waals surface area contributed by atoms with Crippen LogP contribution in [-0.4, -0.2) is 52.3 Å². The molecule has 2 N–H and O–H groups in total. The van der Waals surface area contributed by atoms with Gasteiger partial charge in [0.1, 0.15) is 6.61 Å². The maximum Gasteiger partial charge on any atom is 0.334 e. The summed E-state index contributed by atoms with van der Waals surface area (Å²) in [7, 11) is 0. The number of aliphatic carboxylic acids is 2. The van der Waals surface area contributed by atoms with Crippen molar-refractivity contribution >= 4 is 47.1 Å². The Morgan fingerprint density at radius 3 is 1.86 bits per heavy atom. The first-order valence-corrected chi connectivity index (χ1v) is 12.1. The molecule has 1 aromatic rings. The van der Waals surface area contributed by atoms with E-state index in [1.54, 1.807) is 13.8 Å². The van der Waals surface area contributed by atoms with Crippen molar-refractivity contribution < 1.29 is 38.9 Å². The Morgan fingerprint density at radius 1 is 0.889 bits per heavy atom. The topological polar surface area (TPSA) is 130 Å². The molecule has 0 aromatic heterocycles. The van der Waals surface area contributed by atoms with Gasteiger partial charge in [0, 0.05) is 24.2 Å². The van der Waals surface area contributed by atoms with Gasteiger partial charge in [0.15, 0.2) is 6.73 Å². The molecule has 0 fully saturated rings. The van der Waals surface area contributed by atoms with E-state index in [2.05, 4.69) is 0 Å². The largest absolute Gasteiger partial charge is 0.478 e. The standard InChI is InChI=1S/C25H29Cl2NO8/c1-5-8-18(29)35-12-25(16-10-7-11-17(26)22(16)27)20(23(31)32)14(3)28(13-36-19(30)9-6-2)15(4)21(25)24(33)34/h7,10-11H,5-6,8-9,12-13H2,1-4H3,(H,31,32)(H,33,34). The van der Waals surface area contributed by atoms with Crippen molar-refractivity contribution in [3.05, 3.63) is 56.3 Å². The summed E-state index contributed by atoms with van der Waals surface area (Å²) < 4.78 is 10.7. The van der Waals surface area contributed by atoms with Gasteiger partial charge in [0.2, 0.25) is 0 Å². The Morgan fingerprint density at radius 2 is 1.39 bits per heavy atom. The average Bonchev–Trinajstić information content (AvgIpc) is 2.79. The Bertz CT molecular complexity index is 1090. The highest BCUT2D eigenvalue weighted by Gasteiger charge is 2.54. The third-order valence-electron chi connectivity index (χ3n) is 5.94. The number of rotatable bonds is 11. The third kappa shape index (κ3) is 5.68. The molecule has 0 spiro atoms. The molecule has 1 aromatic carbocycles. The summed E-state index contributed by atoms with van der Waals surface area (Å²) in [5.41, 5.74) is -2.57. The molecule has 196 valence electrons. The summed E-state index contributed by atoms with van der Waals surface area (Å²) in [6.07, 6.45) is 1.21. The second-order valence-electron chi connectivity index (χ2n) is 8.27. The maximum absolute atomic E-state index is 12.8. The first-order chi connectivity index (χ1) is 16.9. The third-order valence-corrected chi connectivity index (χ3v) is 6.76. The molecule has 0 aliphatic carbocycles. The predicted molar refractivity (Wildman–Crippen MR) is 132 cm³/mol. The van der Waals surface area contributed by atoms with Gasteiger partial charge in [-0.05, 0) is 38.3 Å². The van der Waals surface area contributed by atoms with Crippen LogP contribution in [0.1, 0.15) is 58.9 Å². The van der Waals surface area contributed by atoms with Crippen LogP contribution in [0.15, 0.2) is 40.7 Å². The van der Waals surface area contributed by atoms with Gasteiger partial charge in [0.05, 0.1) is 26.6 Å². The quantitative estimate of drug-likeness (QED) is 0.375. The molecule has 0 saturated heterocycles. The number of halogens is 2. The molecule has 0 saturated carbocycles. The molecule has 0 bridgehead atoms. The van der Waals surface area contributed by atoms with Crippen LogP contribution in [0.25, 0.3) is 0 Å². The van der Waals surface area contributed by atoms with Gasteiger partial charge in [-0.15, -0.1) is 0 Å². The molecule has 0 amide bonds. The number of carbonyl (C=O) groups excluding carboxylic acids is 2. The monoisotopic (exact) mass is 541 g/mol. The van der Waals surface area contributed by atoms with Crippen molar-refractivity contribution in [2.75, 3.05) is 13.3 Å². The fourth-order valence-corrected chi connectivity index (χ4v) is 4.80. The van der Waals surface area contributed by atoms with Crippen molar-refractivity contribution in [2.45, 2.75) is 58.8 Å². The van der Waals surface area contributed by atoms with Crippen LogP contribution < -0.4 is 0 Å². The highest BCUT2D eigenvalue weighted by Crippen LogP contribution is 2.50. The van der Waals surface area contributed by atoms with Crippen molar-refractivity contribution in [3.63, 3.8) is 0 Å². The summed E-state index contributed by atoms with van der Waals surface area (Å²) in [5, 5.41) is 20.7. The molecule has 2 rings (SSSR count). The minimum atomic E-state index is -2.01. The van der Waals surface area contributed by atoms with E-state index in [0.29, 0.717) is 12.8 Å². The molecular weight excluding hydrogens is 513 g/mol. The average molecular weight is 542 g/mol. The molecule has 0 atom stereocenters. The number of carboxylic acid groups (broad SMARTS) is 2. The van der Waals surface area contributed by atoms with E-state index in [4.69, 9.17) is 32.7 Å². The second kappa shape index (κ2) is 12.3. The summed E-state index contributed by atoms with van der Waals surface area (Å²) >= 11 is 12.8. The lowest BCUT2D eigenvalue weighted by molar-refractivity contribution is -0.148. The minimum absolute atomic E-state index is 0.0507. The van der Waals surface area contributed by atoms with E-state index < -0.39 is 53.8 Å². The van der Waals surface area contributed by atoms with E-state index in [1.165, 1.54) is 36.9 Å². The number of carboxylic acids is 2. The van der Waals surface area contributed by atoms with Crippen LogP contribution in [0.2, 0.25) is 10.0 Å². The normalized spacial score (nSPS) is 15.1. The van der Waals surface area contributed by atoms with Crippen molar-refractivity contribution in [1.29, 1.82) is 0 Å². The van der Waals surface area contributed by atoms with Crippen LogP contribution in [0.3, 0.4) is 0 Å².